The Morgan fingerprint density at radius 1 is 1.32 bits per heavy atom. The van der Waals surface area contributed by atoms with Gasteiger partial charge in [0, 0.05) is 31.4 Å². The van der Waals surface area contributed by atoms with Crippen molar-refractivity contribution in [3.05, 3.63) is 36.5 Å². The lowest BCUT2D eigenvalue weighted by atomic mass is 9.97. The third kappa shape index (κ3) is 4.23. The predicted octanol–water partition coefficient (Wildman–Crippen LogP) is 1.02. The van der Waals surface area contributed by atoms with Crippen LogP contribution in [-0.4, -0.2) is 47.9 Å². The van der Waals surface area contributed by atoms with Gasteiger partial charge in [-0.2, -0.15) is 0 Å². The summed E-state index contributed by atoms with van der Waals surface area (Å²) in [4.78, 5) is 20.9. The average Bonchev–Trinajstić information content (AvgIpc) is 3.14. The topological polar surface area (TPSA) is 105 Å². The quantitative estimate of drug-likeness (QED) is 0.849. The molecule has 0 radical (unpaired) electrons. The van der Waals surface area contributed by atoms with Gasteiger partial charge in [-0.3, -0.25) is 9.78 Å². The molecule has 1 aliphatic rings. The van der Waals surface area contributed by atoms with Crippen molar-refractivity contribution in [3.8, 4) is 11.5 Å². The van der Waals surface area contributed by atoms with Crippen molar-refractivity contribution in [1.29, 1.82) is 0 Å². The highest BCUT2D eigenvalue weighted by atomic mass is 32.2. The first-order valence-corrected chi connectivity index (χ1v) is 9.86. The fourth-order valence-corrected chi connectivity index (χ4v) is 3.75. The smallest absolute Gasteiger partial charge is 0.223 e. The monoisotopic (exact) mass is 364 g/mol. The van der Waals surface area contributed by atoms with Gasteiger partial charge in [0.25, 0.3) is 0 Å². The molecule has 2 aromatic heterocycles. The van der Waals surface area contributed by atoms with Crippen molar-refractivity contribution in [1.82, 2.24) is 19.6 Å². The molecule has 0 aliphatic carbocycles. The molecule has 1 amide bonds. The van der Waals surface area contributed by atoms with E-state index in [1.165, 1.54) is 10.6 Å². The van der Waals surface area contributed by atoms with E-state index in [4.69, 9.17) is 4.42 Å². The number of piperidine rings is 1. The standard InChI is InChI=1S/C16H20N4O4S/c1-25(22,23)20-8-4-12(5-9-20)16(21)19-11-13-15(18-7-6-17-13)14-3-2-10-24-14/h2-3,6-7,10,12H,4-5,8-9,11H2,1H3,(H,19,21). The van der Waals surface area contributed by atoms with Gasteiger partial charge in [-0.25, -0.2) is 17.7 Å². The number of aromatic nitrogens is 2. The third-order valence-electron chi connectivity index (χ3n) is 4.25. The first-order valence-electron chi connectivity index (χ1n) is 8.02. The highest BCUT2D eigenvalue weighted by Gasteiger charge is 2.28. The first kappa shape index (κ1) is 17.6. The summed E-state index contributed by atoms with van der Waals surface area (Å²) >= 11 is 0. The van der Waals surface area contributed by atoms with Crippen LogP contribution in [0.1, 0.15) is 18.5 Å². The number of carbonyl (C=O) groups is 1. The summed E-state index contributed by atoms with van der Waals surface area (Å²) in [6, 6.07) is 3.55. The second-order valence-electron chi connectivity index (χ2n) is 5.98. The number of carbonyl (C=O) groups excluding carboxylic acids is 1. The van der Waals surface area contributed by atoms with E-state index in [9.17, 15) is 13.2 Å². The molecular formula is C16H20N4O4S. The predicted molar refractivity (Wildman–Crippen MR) is 90.7 cm³/mol. The zero-order valence-electron chi connectivity index (χ0n) is 13.9. The van der Waals surface area contributed by atoms with E-state index in [-0.39, 0.29) is 18.4 Å². The van der Waals surface area contributed by atoms with E-state index in [0.717, 1.165) is 0 Å². The Labute approximate surface area is 146 Å². The Bertz CT molecular complexity index is 828. The van der Waals surface area contributed by atoms with Crippen molar-refractivity contribution in [2.75, 3.05) is 19.3 Å². The van der Waals surface area contributed by atoms with Gasteiger partial charge in [0.1, 0.15) is 5.69 Å². The van der Waals surface area contributed by atoms with Crippen molar-refractivity contribution < 1.29 is 17.6 Å². The van der Waals surface area contributed by atoms with Gasteiger partial charge < -0.3 is 9.73 Å². The number of rotatable bonds is 5. The summed E-state index contributed by atoms with van der Waals surface area (Å²) in [5, 5.41) is 2.87. The summed E-state index contributed by atoms with van der Waals surface area (Å²) in [5.41, 5.74) is 1.22. The number of hydrogen-bond donors (Lipinski definition) is 1. The largest absolute Gasteiger partial charge is 0.463 e. The fourth-order valence-electron chi connectivity index (χ4n) is 2.88. The Morgan fingerprint density at radius 3 is 2.68 bits per heavy atom. The normalized spacial score (nSPS) is 16.7. The second-order valence-corrected chi connectivity index (χ2v) is 7.97. The van der Waals surface area contributed by atoms with Crippen LogP contribution in [0.5, 0.6) is 0 Å². The average molecular weight is 364 g/mol. The van der Waals surface area contributed by atoms with Crippen molar-refractivity contribution in [2.45, 2.75) is 19.4 Å². The van der Waals surface area contributed by atoms with Gasteiger partial charge in [-0.1, -0.05) is 0 Å². The summed E-state index contributed by atoms with van der Waals surface area (Å²) < 4.78 is 29.8. The Morgan fingerprint density at radius 2 is 2.04 bits per heavy atom. The molecule has 0 unspecified atom stereocenters. The molecule has 0 aromatic carbocycles. The Hall–Kier alpha value is -2.26. The molecule has 1 N–H and O–H groups in total. The van der Waals surface area contributed by atoms with E-state index in [0.29, 0.717) is 43.1 Å². The van der Waals surface area contributed by atoms with Gasteiger partial charge in [0.2, 0.25) is 15.9 Å². The molecule has 25 heavy (non-hydrogen) atoms. The van der Waals surface area contributed by atoms with Crippen LogP contribution in [0.2, 0.25) is 0 Å². The highest BCUT2D eigenvalue weighted by Crippen LogP contribution is 2.21. The molecule has 9 heteroatoms. The molecule has 0 spiro atoms. The summed E-state index contributed by atoms with van der Waals surface area (Å²) in [7, 11) is -3.19. The second kappa shape index (κ2) is 7.32. The van der Waals surface area contributed by atoms with E-state index in [2.05, 4.69) is 15.3 Å². The van der Waals surface area contributed by atoms with Crippen LogP contribution in [0.25, 0.3) is 11.5 Å². The molecule has 0 bridgehead atoms. The summed E-state index contributed by atoms with van der Waals surface area (Å²) in [5.74, 6) is 0.310. The SMILES string of the molecule is CS(=O)(=O)N1CCC(C(=O)NCc2nccnc2-c2ccco2)CC1. The minimum Gasteiger partial charge on any atom is -0.463 e. The lowest BCUT2D eigenvalue weighted by Gasteiger charge is -2.29. The lowest BCUT2D eigenvalue weighted by Crippen LogP contribution is -2.42. The van der Waals surface area contributed by atoms with Crippen molar-refractivity contribution in [2.24, 2.45) is 5.92 Å². The van der Waals surface area contributed by atoms with Crippen LogP contribution in [0, 0.1) is 5.92 Å². The molecule has 134 valence electrons. The van der Waals surface area contributed by atoms with E-state index < -0.39 is 10.0 Å². The van der Waals surface area contributed by atoms with Gasteiger partial charge >= 0.3 is 0 Å². The minimum atomic E-state index is -3.19. The van der Waals surface area contributed by atoms with Crippen LogP contribution in [0.4, 0.5) is 0 Å². The number of nitrogens with zero attached hydrogens (tertiary/aromatic N) is 3. The number of furan rings is 1. The van der Waals surface area contributed by atoms with E-state index in [1.807, 2.05) is 0 Å². The number of hydrogen-bond acceptors (Lipinski definition) is 6. The number of amides is 1. The summed E-state index contributed by atoms with van der Waals surface area (Å²) in [6.07, 6.45) is 6.93. The molecule has 0 saturated carbocycles. The maximum atomic E-state index is 12.4. The van der Waals surface area contributed by atoms with Crippen molar-refractivity contribution >= 4 is 15.9 Å². The maximum Gasteiger partial charge on any atom is 0.223 e. The van der Waals surface area contributed by atoms with Crippen LogP contribution in [-0.2, 0) is 21.4 Å². The van der Waals surface area contributed by atoms with Crippen LogP contribution in [0.15, 0.2) is 35.2 Å². The number of nitrogens with one attached hydrogen (secondary N) is 1. The van der Waals surface area contributed by atoms with Crippen LogP contribution < -0.4 is 5.32 Å². The Kier molecular flexibility index (Phi) is 5.14. The Balaban J connectivity index is 1.59. The first-order chi connectivity index (χ1) is 11.9. The van der Waals surface area contributed by atoms with E-state index in [1.54, 1.807) is 30.8 Å². The molecule has 1 aliphatic heterocycles. The molecule has 1 saturated heterocycles. The van der Waals surface area contributed by atoms with E-state index >= 15 is 0 Å². The van der Waals surface area contributed by atoms with Crippen LogP contribution in [0.3, 0.4) is 0 Å². The lowest BCUT2D eigenvalue weighted by molar-refractivity contribution is -0.126. The minimum absolute atomic E-state index is 0.0933. The van der Waals surface area contributed by atoms with Gasteiger partial charge in [-0.05, 0) is 25.0 Å². The molecule has 1 fully saturated rings. The molecule has 0 atom stereocenters. The third-order valence-corrected chi connectivity index (χ3v) is 5.56. The number of sulfonamides is 1. The molecule has 3 heterocycles. The molecular weight excluding hydrogens is 344 g/mol. The summed E-state index contributed by atoms with van der Waals surface area (Å²) in [6.45, 7) is 0.994. The zero-order chi connectivity index (χ0) is 17.9. The molecule has 8 nitrogen and oxygen atoms in total. The zero-order valence-corrected chi connectivity index (χ0v) is 14.7. The highest BCUT2D eigenvalue weighted by molar-refractivity contribution is 7.88. The fraction of sp³-hybridized carbons (Fsp3) is 0.438. The van der Waals surface area contributed by atoms with Gasteiger partial charge in [0.05, 0.1) is 24.8 Å². The van der Waals surface area contributed by atoms with Gasteiger partial charge in [0.15, 0.2) is 5.76 Å². The molecule has 2 aromatic rings. The van der Waals surface area contributed by atoms with Crippen LogP contribution >= 0.6 is 0 Å². The maximum absolute atomic E-state index is 12.4. The molecule has 3 rings (SSSR count). The van der Waals surface area contributed by atoms with Crippen molar-refractivity contribution in [3.63, 3.8) is 0 Å². The van der Waals surface area contributed by atoms with Gasteiger partial charge in [-0.15, -0.1) is 0 Å².